The summed E-state index contributed by atoms with van der Waals surface area (Å²) in [6, 6.07) is 19.8. The van der Waals surface area contributed by atoms with Crippen molar-refractivity contribution >= 4 is 20.9 Å². The Morgan fingerprint density at radius 1 is 0.946 bits per heavy atom. The Hall–Kier alpha value is -3.36. The molecule has 0 saturated carbocycles. The summed E-state index contributed by atoms with van der Waals surface area (Å²) in [5.41, 5.74) is 4.61. The predicted octanol–water partition coefficient (Wildman–Crippen LogP) is 5.72. The molecule has 1 aromatic heterocycles. The summed E-state index contributed by atoms with van der Waals surface area (Å²) in [6.07, 6.45) is 1.44. The zero-order chi connectivity index (χ0) is 26.2. The van der Waals surface area contributed by atoms with Crippen LogP contribution in [0.3, 0.4) is 0 Å². The zero-order valence-electron chi connectivity index (χ0n) is 21.3. The summed E-state index contributed by atoms with van der Waals surface area (Å²) >= 11 is 0. The van der Waals surface area contributed by atoms with Crippen molar-refractivity contribution in [1.29, 1.82) is 0 Å². The number of sulfonamides is 1. The highest BCUT2D eigenvalue weighted by Gasteiger charge is 2.34. The number of para-hydroxylation sites is 1. The van der Waals surface area contributed by atoms with Crippen LogP contribution in [0.1, 0.15) is 35.6 Å². The minimum atomic E-state index is -3.74. The van der Waals surface area contributed by atoms with Gasteiger partial charge in [0.2, 0.25) is 10.0 Å². The number of hydrogen-bond donors (Lipinski definition) is 0. The molecule has 1 fully saturated rings. The molecular formula is C29H31FN2O4S. The van der Waals surface area contributed by atoms with Crippen molar-refractivity contribution in [3.8, 4) is 11.5 Å². The van der Waals surface area contributed by atoms with Crippen LogP contribution in [0.25, 0.3) is 10.9 Å². The molecule has 6 nitrogen and oxygen atoms in total. The number of ether oxygens (including phenoxy) is 2. The molecule has 3 aromatic carbocycles. The summed E-state index contributed by atoms with van der Waals surface area (Å²) in [4.78, 5) is 0.125. The number of nitrogens with zero attached hydrogens (tertiary/aromatic N) is 2. The van der Waals surface area contributed by atoms with Gasteiger partial charge in [0.05, 0.1) is 14.2 Å². The molecule has 1 aliphatic heterocycles. The average Bonchev–Trinajstić information content (AvgIpc) is 3.20. The highest BCUT2D eigenvalue weighted by atomic mass is 32.2. The second-order valence-electron chi connectivity index (χ2n) is 9.42. The fourth-order valence-electron chi connectivity index (χ4n) is 5.46. The molecule has 2 heterocycles. The molecule has 0 bridgehead atoms. The molecule has 4 aromatic rings. The second kappa shape index (κ2) is 10.2. The maximum absolute atomic E-state index is 13.5. The molecule has 0 spiro atoms. The number of benzene rings is 3. The molecule has 1 saturated heterocycles. The quantitative estimate of drug-likeness (QED) is 0.311. The van der Waals surface area contributed by atoms with E-state index in [0.717, 1.165) is 23.9 Å². The molecule has 0 unspecified atom stereocenters. The molecule has 194 valence electrons. The van der Waals surface area contributed by atoms with Gasteiger partial charge in [0, 0.05) is 42.3 Å². The molecular weight excluding hydrogens is 491 g/mol. The van der Waals surface area contributed by atoms with Gasteiger partial charge in [0.1, 0.15) is 22.2 Å². The average molecular weight is 523 g/mol. The van der Waals surface area contributed by atoms with Gasteiger partial charge in [0.15, 0.2) is 0 Å². The fraction of sp³-hybridized carbons (Fsp3) is 0.310. The van der Waals surface area contributed by atoms with Crippen molar-refractivity contribution in [3.63, 3.8) is 0 Å². The Morgan fingerprint density at radius 3 is 2.32 bits per heavy atom. The second-order valence-corrected chi connectivity index (χ2v) is 11.3. The number of aromatic nitrogens is 1. The van der Waals surface area contributed by atoms with Crippen LogP contribution in [-0.4, -0.2) is 44.6 Å². The molecule has 8 heteroatoms. The van der Waals surface area contributed by atoms with Gasteiger partial charge in [-0.2, -0.15) is 4.31 Å². The van der Waals surface area contributed by atoms with E-state index >= 15 is 0 Å². The van der Waals surface area contributed by atoms with Crippen LogP contribution in [0.15, 0.2) is 71.6 Å². The van der Waals surface area contributed by atoms with Crippen LogP contribution in [0.5, 0.6) is 11.5 Å². The van der Waals surface area contributed by atoms with Gasteiger partial charge in [-0.25, -0.2) is 12.8 Å². The van der Waals surface area contributed by atoms with E-state index in [1.54, 1.807) is 16.4 Å². The number of piperidine rings is 1. The summed E-state index contributed by atoms with van der Waals surface area (Å²) < 4.78 is 55.0. The van der Waals surface area contributed by atoms with E-state index < -0.39 is 10.0 Å². The largest absolute Gasteiger partial charge is 0.497 e. The highest BCUT2D eigenvalue weighted by molar-refractivity contribution is 7.89. The van der Waals surface area contributed by atoms with Crippen molar-refractivity contribution < 1.29 is 22.3 Å². The van der Waals surface area contributed by atoms with Gasteiger partial charge in [-0.3, -0.25) is 0 Å². The van der Waals surface area contributed by atoms with Crippen LogP contribution < -0.4 is 9.47 Å². The standard InChI is InChI=1S/C29H31FN2O4S/c1-20-29(25-6-4-5-7-26(25)32(20)19-21-8-10-23(30)11-9-21)22-14-16-31(17-15-22)37(33,34)28-18-24(35-2)12-13-27(28)36-3/h4-13,18,22H,14-17,19H2,1-3H3. The van der Waals surface area contributed by atoms with Crippen LogP contribution in [0, 0.1) is 12.7 Å². The lowest BCUT2D eigenvalue weighted by molar-refractivity contribution is 0.317. The van der Waals surface area contributed by atoms with E-state index in [9.17, 15) is 12.8 Å². The highest BCUT2D eigenvalue weighted by Crippen LogP contribution is 2.39. The molecule has 0 radical (unpaired) electrons. The van der Waals surface area contributed by atoms with Crippen molar-refractivity contribution in [3.05, 3.63) is 89.4 Å². The Morgan fingerprint density at radius 2 is 1.65 bits per heavy atom. The maximum Gasteiger partial charge on any atom is 0.246 e. The minimum absolute atomic E-state index is 0.125. The Bertz CT molecular complexity index is 1520. The molecule has 1 aliphatic rings. The van der Waals surface area contributed by atoms with E-state index in [2.05, 4.69) is 23.6 Å². The van der Waals surface area contributed by atoms with Gasteiger partial charge in [-0.05, 0) is 67.1 Å². The third-order valence-electron chi connectivity index (χ3n) is 7.38. The van der Waals surface area contributed by atoms with Gasteiger partial charge >= 0.3 is 0 Å². The van der Waals surface area contributed by atoms with E-state index in [4.69, 9.17) is 9.47 Å². The first-order chi connectivity index (χ1) is 17.8. The number of methoxy groups -OCH3 is 2. The topological polar surface area (TPSA) is 60.8 Å². The monoisotopic (exact) mass is 522 g/mol. The SMILES string of the molecule is COc1ccc(OC)c(S(=O)(=O)N2CCC(c3c(C)n(Cc4ccc(F)cc4)c4ccccc34)CC2)c1. The third-order valence-corrected chi connectivity index (χ3v) is 9.30. The predicted molar refractivity (Wildman–Crippen MR) is 142 cm³/mol. The first kappa shape index (κ1) is 25.3. The molecule has 5 rings (SSSR count). The van der Waals surface area contributed by atoms with E-state index in [1.165, 1.54) is 49.1 Å². The van der Waals surface area contributed by atoms with Crippen LogP contribution >= 0.6 is 0 Å². The fourth-order valence-corrected chi connectivity index (χ4v) is 7.10. The van der Waals surface area contributed by atoms with Crippen molar-refractivity contribution in [2.75, 3.05) is 27.3 Å². The minimum Gasteiger partial charge on any atom is -0.497 e. The van der Waals surface area contributed by atoms with Crippen molar-refractivity contribution in [2.24, 2.45) is 0 Å². The third kappa shape index (κ3) is 4.71. The summed E-state index contributed by atoms with van der Waals surface area (Å²) in [6.45, 7) is 3.62. The Labute approximate surface area is 217 Å². The zero-order valence-corrected chi connectivity index (χ0v) is 22.1. The first-order valence-electron chi connectivity index (χ1n) is 12.4. The van der Waals surface area contributed by atoms with Gasteiger partial charge in [0.25, 0.3) is 0 Å². The van der Waals surface area contributed by atoms with Gasteiger partial charge < -0.3 is 14.0 Å². The molecule has 0 atom stereocenters. The summed E-state index contributed by atoms with van der Waals surface area (Å²) in [7, 11) is -0.760. The lowest BCUT2D eigenvalue weighted by Gasteiger charge is -2.32. The summed E-state index contributed by atoms with van der Waals surface area (Å²) in [5, 5.41) is 1.19. The lowest BCUT2D eigenvalue weighted by atomic mass is 9.88. The van der Waals surface area contributed by atoms with E-state index in [0.29, 0.717) is 31.1 Å². The molecule has 0 aliphatic carbocycles. The maximum atomic E-state index is 13.5. The molecule has 0 N–H and O–H groups in total. The van der Waals surface area contributed by atoms with Gasteiger partial charge in [-0.15, -0.1) is 0 Å². The number of rotatable bonds is 7. The Balaban J connectivity index is 1.42. The number of halogens is 1. The van der Waals surface area contributed by atoms with Crippen molar-refractivity contribution in [2.45, 2.75) is 37.1 Å². The lowest BCUT2D eigenvalue weighted by Crippen LogP contribution is -2.38. The summed E-state index contributed by atoms with van der Waals surface area (Å²) in [5.74, 6) is 0.770. The van der Waals surface area contributed by atoms with E-state index in [1.807, 2.05) is 24.3 Å². The van der Waals surface area contributed by atoms with Crippen molar-refractivity contribution in [1.82, 2.24) is 8.87 Å². The smallest absolute Gasteiger partial charge is 0.246 e. The Kier molecular flexibility index (Phi) is 6.96. The number of hydrogen-bond acceptors (Lipinski definition) is 4. The van der Waals surface area contributed by atoms with Crippen LogP contribution in [-0.2, 0) is 16.6 Å². The van der Waals surface area contributed by atoms with Crippen LogP contribution in [0.4, 0.5) is 4.39 Å². The molecule has 37 heavy (non-hydrogen) atoms. The first-order valence-corrected chi connectivity index (χ1v) is 13.8. The van der Waals surface area contributed by atoms with Crippen LogP contribution in [0.2, 0.25) is 0 Å². The number of fused-ring (bicyclic) bond motifs is 1. The normalized spacial score (nSPS) is 15.2. The van der Waals surface area contributed by atoms with Gasteiger partial charge in [-0.1, -0.05) is 30.3 Å². The van der Waals surface area contributed by atoms with E-state index in [-0.39, 0.29) is 16.6 Å². The molecule has 0 amide bonds.